The number of carbonyl (C=O) groups is 2. The molecule has 0 spiro atoms. The standard InChI is InChI=1S/C18H13N5O6S/c1-9(24)10-6-13-14(29-8-28-13)7-11(10)19-17(25)16-20-18-22-30(26,27)15-5-3-2-4-12(15)23(18)21-16/h2-7H,8H2,1H3,(H,19,25)(H,20,21,22). The number of benzene rings is 2. The number of para-hydroxylation sites is 1. The van der Waals surface area contributed by atoms with E-state index >= 15 is 0 Å². The molecule has 3 heterocycles. The molecule has 5 rings (SSSR count). The minimum absolute atomic E-state index is 0.0128. The molecular formula is C18H13N5O6S. The van der Waals surface area contributed by atoms with Gasteiger partial charge in [-0.2, -0.15) is 9.67 Å². The number of anilines is 2. The van der Waals surface area contributed by atoms with Crippen molar-refractivity contribution in [1.82, 2.24) is 14.8 Å². The monoisotopic (exact) mass is 427 g/mol. The van der Waals surface area contributed by atoms with Crippen LogP contribution in [0.4, 0.5) is 11.6 Å². The van der Waals surface area contributed by atoms with Crippen LogP contribution in [0.15, 0.2) is 41.3 Å². The van der Waals surface area contributed by atoms with Crippen LogP contribution in [-0.4, -0.2) is 41.7 Å². The highest BCUT2D eigenvalue weighted by atomic mass is 32.2. The quantitative estimate of drug-likeness (QED) is 0.600. The Bertz CT molecular complexity index is 1350. The summed E-state index contributed by atoms with van der Waals surface area (Å²) in [6.07, 6.45) is 0. The van der Waals surface area contributed by atoms with Crippen LogP contribution in [0.5, 0.6) is 11.5 Å². The second-order valence-electron chi connectivity index (χ2n) is 6.51. The van der Waals surface area contributed by atoms with Crippen LogP contribution in [-0.2, 0) is 10.0 Å². The SMILES string of the molecule is CC(=O)c1cc2c(cc1NC(=O)c1nc3n(n1)-c1ccccc1S(=O)(=O)N3)OCO2. The van der Waals surface area contributed by atoms with Gasteiger partial charge in [0, 0.05) is 11.6 Å². The molecular weight excluding hydrogens is 414 g/mol. The molecule has 152 valence electrons. The third-order valence-electron chi connectivity index (χ3n) is 4.56. The highest BCUT2D eigenvalue weighted by Gasteiger charge is 2.31. The second-order valence-corrected chi connectivity index (χ2v) is 8.16. The van der Waals surface area contributed by atoms with Gasteiger partial charge in [-0.3, -0.25) is 9.59 Å². The molecule has 11 nitrogen and oxygen atoms in total. The van der Waals surface area contributed by atoms with Gasteiger partial charge in [-0.25, -0.2) is 13.1 Å². The first-order valence-electron chi connectivity index (χ1n) is 8.69. The number of hydrogen-bond donors (Lipinski definition) is 2. The Kier molecular flexibility index (Phi) is 3.80. The van der Waals surface area contributed by atoms with Gasteiger partial charge >= 0.3 is 0 Å². The number of sulfonamides is 1. The Morgan fingerprint density at radius 3 is 2.67 bits per heavy atom. The second kappa shape index (κ2) is 6.29. The van der Waals surface area contributed by atoms with Gasteiger partial charge < -0.3 is 14.8 Å². The van der Waals surface area contributed by atoms with E-state index in [9.17, 15) is 18.0 Å². The molecule has 12 heteroatoms. The van der Waals surface area contributed by atoms with E-state index in [0.29, 0.717) is 11.5 Å². The molecule has 2 N–H and O–H groups in total. The topological polar surface area (TPSA) is 142 Å². The van der Waals surface area contributed by atoms with Crippen molar-refractivity contribution in [2.45, 2.75) is 11.8 Å². The van der Waals surface area contributed by atoms with Gasteiger partial charge in [0.05, 0.1) is 11.4 Å². The lowest BCUT2D eigenvalue weighted by atomic mass is 10.1. The van der Waals surface area contributed by atoms with E-state index in [1.54, 1.807) is 18.2 Å². The van der Waals surface area contributed by atoms with Gasteiger partial charge in [0.2, 0.25) is 18.6 Å². The van der Waals surface area contributed by atoms with Crippen LogP contribution >= 0.6 is 0 Å². The first-order chi connectivity index (χ1) is 14.3. The predicted molar refractivity (Wildman–Crippen MR) is 103 cm³/mol. The highest BCUT2D eigenvalue weighted by molar-refractivity contribution is 7.92. The van der Waals surface area contributed by atoms with E-state index in [2.05, 4.69) is 20.1 Å². The van der Waals surface area contributed by atoms with Crippen LogP contribution in [0.2, 0.25) is 0 Å². The lowest BCUT2D eigenvalue weighted by Crippen LogP contribution is -2.23. The zero-order valence-corrected chi connectivity index (χ0v) is 16.2. The lowest BCUT2D eigenvalue weighted by molar-refractivity contribution is 0.101. The smallest absolute Gasteiger partial charge is 0.295 e. The number of aromatic nitrogens is 3. The number of hydrogen-bond acceptors (Lipinski definition) is 8. The fraction of sp³-hybridized carbons (Fsp3) is 0.111. The number of rotatable bonds is 3. The molecule has 0 saturated carbocycles. The number of amides is 1. The van der Waals surface area contributed by atoms with Crippen molar-refractivity contribution in [1.29, 1.82) is 0 Å². The van der Waals surface area contributed by atoms with E-state index in [1.807, 2.05) is 0 Å². The number of nitrogens with zero attached hydrogens (tertiary/aromatic N) is 3. The number of nitrogens with one attached hydrogen (secondary N) is 2. The summed E-state index contributed by atoms with van der Waals surface area (Å²) in [5, 5.41) is 6.71. The molecule has 0 fully saturated rings. The molecule has 1 amide bonds. The highest BCUT2D eigenvalue weighted by Crippen LogP contribution is 2.37. The third kappa shape index (κ3) is 2.76. The molecule has 0 saturated heterocycles. The largest absolute Gasteiger partial charge is 0.454 e. The predicted octanol–water partition coefficient (Wildman–Crippen LogP) is 1.57. The van der Waals surface area contributed by atoms with Gasteiger partial charge in [-0.05, 0) is 25.1 Å². The zero-order valence-electron chi connectivity index (χ0n) is 15.4. The average Bonchev–Trinajstić information content (AvgIpc) is 3.33. The number of carbonyl (C=O) groups excluding carboxylic acids is 2. The Morgan fingerprint density at radius 2 is 1.90 bits per heavy atom. The average molecular weight is 427 g/mol. The van der Waals surface area contributed by atoms with E-state index in [0.717, 1.165) is 0 Å². The van der Waals surface area contributed by atoms with E-state index < -0.39 is 15.9 Å². The van der Waals surface area contributed by atoms with Crippen LogP contribution in [0, 0.1) is 0 Å². The summed E-state index contributed by atoms with van der Waals surface area (Å²) in [6, 6.07) is 9.17. The Balaban J connectivity index is 1.52. The Morgan fingerprint density at radius 1 is 1.17 bits per heavy atom. The number of ketones is 1. The van der Waals surface area contributed by atoms with Crippen molar-refractivity contribution >= 4 is 33.3 Å². The van der Waals surface area contributed by atoms with Crippen molar-refractivity contribution in [3.63, 3.8) is 0 Å². The van der Waals surface area contributed by atoms with Crippen LogP contribution < -0.4 is 19.5 Å². The summed E-state index contributed by atoms with van der Waals surface area (Å²) < 4.78 is 38.8. The zero-order chi connectivity index (χ0) is 21.0. The Labute approximate surface area is 169 Å². The molecule has 2 aromatic carbocycles. The van der Waals surface area contributed by atoms with Crippen molar-refractivity contribution in [3.05, 3.63) is 47.8 Å². The number of ether oxygens (including phenoxy) is 2. The molecule has 0 bridgehead atoms. The summed E-state index contributed by atoms with van der Waals surface area (Å²) in [5.74, 6) is -0.626. The summed E-state index contributed by atoms with van der Waals surface area (Å²) in [5.41, 5.74) is 0.693. The first kappa shape index (κ1) is 18.1. The van der Waals surface area contributed by atoms with Gasteiger partial charge in [0.25, 0.3) is 15.9 Å². The molecule has 3 aromatic rings. The normalized spacial score (nSPS) is 15.0. The molecule has 2 aliphatic heterocycles. The van der Waals surface area contributed by atoms with Crippen LogP contribution in [0.1, 0.15) is 27.9 Å². The molecule has 0 aliphatic carbocycles. The number of fused-ring (bicyclic) bond motifs is 4. The lowest BCUT2D eigenvalue weighted by Gasteiger charge is -2.17. The summed E-state index contributed by atoms with van der Waals surface area (Å²) in [7, 11) is -3.83. The van der Waals surface area contributed by atoms with E-state index in [-0.39, 0.29) is 46.2 Å². The molecule has 0 radical (unpaired) electrons. The molecule has 30 heavy (non-hydrogen) atoms. The van der Waals surface area contributed by atoms with Crippen LogP contribution in [0.25, 0.3) is 5.69 Å². The van der Waals surface area contributed by atoms with E-state index in [4.69, 9.17) is 9.47 Å². The van der Waals surface area contributed by atoms with E-state index in [1.165, 1.54) is 29.8 Å². The van der Waals surface area contributed by atoms with Crippen LogP contribution in [0.3, 0.4) is 0 Å². The third-order valence-corrected chi connectivity index (χ3v) is 5.93. The maximum Gasteiger partial charge on any atom is 0.295 e. The van der Waals surface area contributed by atoms with Gasteiger partial charge in [0.1, 0.15) is 4.90 Å². The first-order valence-corrected chi connectivity index (χ1v) is 10.2. The minimum Gasteiger partial charge on any atom is -0.454 e. The summed E-state index contributed by atoms with van der Waals surface area (Å²) in [6.45, 7) is 1.37. The summed E-state index contributed by atoms with van der Waals surface area (Å²) >= 11 is 0. The van der Waals surface area contributed by atoms with Gasteiger partial charge in [-0.15, -0.1) is 5.10 Å². The Hall–Kier alpha value is -3.93. The molecule has 0 atom stereocenters. The van der Waals surface area contributed by atoms with Crippen molar-refractivity contribution in [3.8, 4) is 17.2 Å². The fourth-order valence-electron chi connectivity index (χ4n) is 3.19. The summed E-state index contributed by atoms with van der Waals surface area (Å²) in [4.78, 5) is 28.8. The molecule has 2 aliphatic rings. The van der Waals surface area contributed by atoms with Gasteiger partial charge in [-0.1, -0.05) is 12.1 Å². The maximum absolute atomic E-state index is 12.8. The molecule has 0 unspecified atom stereocenters. The minimum atomic E-state index is -3.83. The number of Topliss-reactive ketones (excluding diaryl/α,β-unsaturated/α-hetero) is 1. The van der Waals surface area contributed by atoms with Crippen molar-refractivity contribution in [2.75, 3.05) is 16.8 Å². The fourth-order valence-corrected chi connectivity index (χ4v) is 4.36. The van der Waals surface area contributed by atoms with Gasteiger partial charge in [0.15, 0.2) is 17.3 Å². The molecule has 1 aromatic heterocycles. The maximum atomic E-state index is 12.8. The van der Waals surface area contributed by atoms with Crippen molar-refractivity contribution < 1.29 is 27.5 Å². The van der Waals surface area contributed by atoms with Crippen molar-refractivity contribution in [2.24, 2.45) is 0 Å².